The van der Waals surface area contributed by atoms with Gasteiger partial charge in [-0.2, -0.15) is 0 Å². The molecule has 0 saturated carbocycles. The van der Waals surface area contributed by atoms with Crippen molar-refractivity contribution in [1.29, 1.82) is 0 Å². The van der Waals surface area contributed by atoms with Crippen LogP contribution in [0.1, 0.15) is 23.5 Å². The molecule has 0 aromatic carbocycles. The van der Waals surface area contributed by atoms with E-state index in [0.717, 1.165) is 14.8 Å². The summed E-state index contributed by atoms with van der Waals surface area (Å²) in [7, 11) is 0. The Hall–Kier alpha value is -0.0500. The van der Waals surface area contributed by atoms with Gasteiger partial charge in [-0.15, -0.1) is 11.3 Å². The summed E-state index contributed by atoms with van der Waals surface area (Å²) in [4.78, 5) is 0.933. The van der Waals surface area contributed by atoms with Crippen molar-refractivity contribution in [3.63, 3.8) is 0 Å². The van der Waals surface area contributed by atoms with E-state index in [1.165, 1.54) is 11.3 Å². The third-order valence-electron chi connectivity index (χ3n) is 1.29. The van der Waals surface area contributed by atoms with E-state index < -0.39 is 6.10 Å². The van der Waals surface area contributed by atoms with Crippen molar-refractivity contribution in [3.05, 3.63) is 20.8 Å². The van der Waals surface area contributed by atoms with Crippen LogP contribution in [0.15, 0.2) is 6.07 Å². The van der Waals surface area contributed by atoms with Crippen LogP contribution < -0.4 is 0 Å². The predicted molar refractivity (Wildman–Crippen MR) is 44.7 cm³/mol. The molecule has 0 aliphatic carbocycles. The Bertz CT molecular complexity index is 210. The van der Waals surface area contributed by atoms with Gasteiger partial charge in [0.25, 0.3) is 0 Å². The first-order valence-corrected chi connectivity index (χ1v) is 4.24. The SMILES string of the molecule is Cc1cc([C@@H](C)O)sc1Cl. The Morgan fingerprint density at radius 1 is 1.70 bits per heavy atom. The van der Waals surface area contributed by atoms with Gasteiger partial charge in [0, 0.05) is 4.88 Å². The molecule has 1 atom stereocenters. The first-order valence-electron chi connectivity index (χ1n) is 3.05. The Labute approximate surface area is 69.3 Å². The van der Waals surface area contributed by atoms with Crippen LogP contribution in [0.25, 0.3) is 0 Å². The van der Waals surface area contributed by atoms with Crippen molar-refractivity contribution in [2.24, 2.45) is 0 Å². The average molecular weight is 177 g/mol. The van der Waals surface area contributed by atoms with E-state index in [1.54, 1.807) is 6.92 Å². The highest BCUT2D eigenvalue weighted by Crippen LogP contribution is 2.30. The zero-order valence-corrected chi connectivity index (χ0v) is 7.46. The van der Waals surface area contributed by atoms with Crippen LogP contribution in [0.4, 0.5) is 0 Å². The molecule has 0 spiro atoms. The Morgan fingerprint density at radius 3 is 2.50 bits per heavy atom. The third-order valence-corrected chi connectivity index (χ3v) is 3.01. The summed E-state index contributed by atoms with van der Waals surface area (Å²) in [6, 6.07) is 1.91. The fraction of sp³-hybridized carbons (Fsp3) is 0.429. The summed E-state index contributed by atoms with van der Waals surface area (Å²) < 4.78 is 0.774. The quantitative estimate of drug-likeness (QED) is 0.698. The van der Waals surface area contributed by atoms with Crippen molar-refractivity contribution < 1.29 is 5.11 Å². The van der Waals surface area contributed by atoms with Crippen molar-refractivity contribution in [3.8, 4) is 0 Å². The number of thiophene rings is 1. The number of aliphatic hydroxyl groups is 1. The van der Waals surface area contributed by atoms with Crippen LogP contribution >= 0.6 is 22.9 Å². The third kappa shape index (κ3) is 1.51. The highest BCUT2D eigenvalue weighted by molar-refractivity contribution is 7.16. The maximum absolute atomic E-state index is 9.11. The molecule has 1 nitrogen and oxygen atoms in total. The topological polar surface area (TPSA) is 20.2 Å². The van der Waals surface area contributed by atoms with E-state index in [4.69, 9.17) is 16.7 Å². The highest BCUT2D eigenvalue weighted by Gasteiger charge is 2.06. The maximum atomic E-state index is 9.11. The first-order chi connectivity index (χ1) is 4.61. The van der Waals surface area contributed by atoms with E-state index in [1.807, 2.05) is 13.0 Å². The minimum absolute atomic E-state index is 0.392. The van der Waals surface area contributed by atoms with Gasteiger partial charge in [-0.3, -0.25) is 0 Å². The van der Waals surface area contributed by atoms with Crippen LogP contribution in [0.2, 0.25) is 4.34 Å². The molecule has 1 N–H and O–H groups in total. The highest BCUT2D eigenvalue weighted by atomic mass is 35.5. The Balaban J connectivity index is 2.98. The average Bonchev–Trinajstić information content (AvgIpc) is 2.13. The smallest absolute Gasteiger partial charge is 0.0961 e. The van der Waals surface area contributed by atoms with Gasteiger partial charge in [-0.25, -0.2) is 0 Å². The van der Waals surface area contributed by atoms with Crippen LogP contribution in [0.5, 0.6) is 0 Å². The zero-order valence-electron chi connectivity index (χ0n) is 5.89. The molecule has 56 valence electrons. The van der Waals surface area contributed by atoms with E-state index in [2.05, 4.69) is 0 Å². The van der Waals surface area contributed by atoms with Crippen LogP contribution in [0, 0.1) is 6.92 Å². The lowest BCUT2D eigenvalue weighted by Gasteiger charge is -1.95. The molecule has 3 heteroatoms. The van der Waals surface area contributed by atoms with Gasteiger partial charge in [0.1, 0.15) is 0 Å². The molecule has 1 rings (SSSR count). The molecule has 0 unspecified atom stereocenters. The lowest BCUT2D eigenvalue weighted by atomic mass is 10.3. The summed E-state index contributed by atoms with van der Waals surface area (Å²) in [5, 5.41) is 9.11. The van der Waals surface area contributed by atoms with Gasteiger partial charge < -0.3 is 5.11 Å². The second-order valence-electron chi connectivity index (χ2n) is 2.28. The second-order valence-corrected chi connectivity index (χ2v) is 3.97. The second kappa shape index (κ2) is 2.91. The Morgan fingerprint density at radius 2 is 2.30 bits per heavy atom. The number of aliphatic hydroxyl groups excluding tert-OH is 1. The van der Waals surface area contributed by atoms with E-state index in [-0.39, 0.29) is 0 Å². The summed E-state index contributed by atoms with van der Waals surface area (Å²) in [6.45, 7) is 3.67. The number of hydrogen-bond acceptors (Lipinski definition) is 2. The molecule has 1 aromatic rings. The van der Waals surface area contributed by atoms with Gasteiger partial charge in [-0.05, 0) is 25.5 Å². The first kappa shape index (κ1) is 8.05. The molecule has 0 aliphatic heterocycles. The van der Waals surface area contributed by atoms with Gasteiger partial charge in [-0.1, -0.05) is 11.6 Å². The van der Waals surface area contributed by atoms with Gasteiger partial charge in [0.2, 0.25) is 0 Å². The predicted octanol–water partition coefficient (Wildman–Crippen LogP) is 2.76. The molecule has 0 bridgehead atoms. The van der Waals surface area contributed by atoms with Crippen LogP contribution in [-0.2, 0) is 0 Å². The van der Waals surface area contributed by atoms with E-state index in [0.29, 0.717) is 0 Å². The van der Waals surface area contributed by atoms with Gasteiger partial charge in [0.15, 0.2) is 0 Å². The molecule has 0 aliphatic rings. The molecule has 0 saturated heterocycles. The number of halogens is 1. The van der Waals surface area contributed by atoms with Crippen LogP contribution in [-0.4, -0.2) is 5.11 Å². The van der Waals surface area contributed by atoms with Crippen LogP contribution in [0.3, 0.4) is 0 Å². The van der Waals surface area contributed by atoms with Crippen molar-refractivity contribution in [2.75, 3.05) is 0 Å². The number of hydrogen-bond donors (Lipinski definition) is 1. The lowest BCUT2D eigenvalue weighted by molar-refractivity contribution is 0.203. The minimum atomic E-state index is -0.392. The summed E-state index contributed by atoms with van der Waals surface area (Å²) in [6.07, 6.45) is -0.392. The standard InChI is InChI=1S/C7H9ClOS/c1-4-3-6(5(2)9)10-7(4)8/h3,5,9H,1-2H3/t5-/m1/s1. The molecule has 0 amide bonds. The summed E-state index contributed by atoms with van der Waals surface area (Å²) in [5.41, 5.74) is 1.04. The van der Waals surface area contributed by atoms with E-state index in [9.17, 15) is 0 Å². The Kier molecular flexibility index (Phi) is 2.34. The van der Waals surface area contributed by atoms with Gasteiger partial charge >= 0.3 is 0 Å². The molecule has 0 fully saturated rings. The normalized spacial score (nSPS) is 13.6. The maximum Gasteiger partial charge on any atom is 0.0961 e. The molecule has 0 radical (unpaired) electrons. The van der Waals surface area contributed by atoms with Crippen molar-refractivity contribution in [2.45, 2.75) is 20.0 Å². The minimum Gasteiger partial charge on any atom is -0.388 e. The summed E-state index contributed by atoms with van der Waals surface area (Å²) in [5.74, 6) is 0. The van der Waals surface area contributed by atoms with Crippen molar-refractivity contribution in [1.82, 2.24) is 0 Å². The van der Waals surface area contributed by atoms with Crippen molar-refractivity contribution >= 4 is 22.9 Å². The fourth-order valence-electron chi connectivity index (χ4n) is 0.689. The number of aryl methyl sites for hydroxylation is 1. The number of rotatable bonds is 1. The zero-order chi connectivity index (χ0) is 7.72. The summed E-state index contributed by atoms with van der Waals surface area (Å²) >= 11 is 7.22. The monoisotopic (exact) mass is 176 g/mol. The lowest BCUT2D eigenvalue weighted by Crippen LogP contribution is -1.83. The molecular formula is C7H9ClOS. The fourth-order valence-corrected chi connectivity index (χ4v) is 1.84. The molecule has 1 aromatic heterocycles. The molecule has 1 heterocycles. The molecule has 10 heavy (non-hydrogen) atoms. The molecular weight excluding hydrogens is 168 g/mol. The van der Waals surface area contributed by atoms with Gasteiger partial charge in [0.05, 0.1) is 10.4 Å². The largest absolute Gasteiger partial charge is 0.388 e. The van der Waals surface area contributed by atoms with E-state index >= 15 is 0 Å².